The van der Waals surface area contributed by atoms with Crippen molar-refractivity contribution < 1.29 is 18.6 Å². The molecule has 0 aromatic heterocycles. The van der Waals surface area contributed by atoms with Crippen LogP contribution in [0.25, 0.3) is 0 Å². The van der Waals surface area contributed by atoms with E-state index in [1.807, 2.05) is 27.7 Å². The highest BCUT2D eigenvalue weighted by Crippen LogP contribution is 2.30. The summed E-state index contributed by atoms with van der Waals surface area (Å²) in [6.45, 7) is 9.09. The number of nitrogen functional groups attached to an aromatic ring is 1. The Morgan fingerprint density at radius 1 is 1.05 bits per heavy atom. The number of hydrogen-bond donors (Lipinski definition) is 1. The van der Waals surface area contributed by atoms with Crippen LogP contribution in [0.15, 0.2) is 12.1 Å². The van der Waals surface area contributed by atoms with Gasteiger partial charge in [-0.2, -0.15) is 0 Å². The summed E-state index contributed by atoms with van der Waals surface area (Å²) in [7, 11) is 0. The minimum absolute atomic E-state index is 0.160. The summed E-state index contributed by atoms with van der Waals surface area (Å²) in [5, 5.41) is 0. The Balaban J connectivity index is 2.60. The highest BCUT2D eigenvalue weighted by molar-refractivity contribution is 5.56. The number of hydrogen-bond acceptors (Lipinski definition) is 4. The largest absolute Gasteiger partial charge is 0.490 e. The minimum Gasteiger partial charge on any atom is -0.490 e. The van der Waals surface area contributed by atoms with Crippen molar-refractivity contribution in [3.05, 3.63) is 17.9 Å². The van der Waals surface area contributed by atoms with Crippen molar-refractivity contribution in [3.8, 4) is 11.5 Å². The molecular weight excluding hydrogens is 261 g/mol. The van der Waals surface area contributed by atoms with Crippen LogP contribution in [0.2, 0.25) is 0 Å². The van der Waals surface area contributed by atoms with Crippen molar-refractivity contribution in [3.63, 3.8) is 0 Å². The first kappa shape index (κ1) is 16.6. The molecule has 4 nitrogen and oxygen atoms in total. The molecule has 0 aliphatic carbocycles. The van der Waals surface area contributed by atoms with E-state index < -0.39 is 5.82 Å². The summed E-state index contributed by atoms with van der Waals surface area (Å²) in [6, 6.07) is 2.70. The molecule has 0 bridgehead atoms. The van der Waals surface area contributed by atoms with Crippen molar-refractivity contribution in [2.75, 3.05) is 25.6 Å². The maximum Gasteiger partial charge on any atom is 0.167 e. The van der Waals surface area contributed by atoms with E-state index >= 15 is 0 Å². The van der Waals surface area contributed by atoms with Gasteiger partial charge in [0, 0.05) is 12.1 Å². The molecule has 0 amide bonds. The molecule has 0 saturated carbocycles. The van der Waals surface area contributed by atoms with Gasteiger partial charge in [-0.05, 0) is 27.2 Å². The van der Waals surface area contributed by atoms with Gasteiger partial charge in [0.25, 0.3) is 0 Å². The Labute approximate surface area is 120 Å². The number of anilines is 1. The van der Waals surface area contributed by atoms with Crippen molar-refractivity contribution in [1.82, 2.24) is 0 Å². The van der Waals surface area contributed by atoms with Gasteiger partial charge in [-0.1, -0.05) is 6.92 Å². The molecule has 5 heteroatoms. The lowest BCUT2D eigenvalue weighted by Gasteiger charge is -2.20. The standard InChI is InChI=1S/C15H24FNO3/c1-5-6-18-13-10-14(12(17)9-11(13)16)19-7-8-20-15(2,3)4/h9-10H,5-8,17H2,1-4H3. The molecule has 114 valence electrons. The molecular formula is C15H24FNO3. The zero-order valence-corrected chi connectivity index (χ0v) is 12.7. The number of nitrogens with two attached hydrogens (primary N) is 1. The van der Waals surface area contributed by atoms with Crippen LogP contribution in [0.5, 0.6) is 11.5 Å². The smallest absolute Gasteiger partial charge is 0.167 e. The van der Waals surface area contributed by atoms with Gasteiger partial charge in [-0.25, -0.2) is 4.39 Å². The zero-order chi connectivity index (χ0) is 15.2. The van der Waals surface area contributed by atoms with Crippen LogP contribution in [0, 0.1) is 5.82 Å². The van der Waals surface area contributed by atoms with E-state index in [0.717, 1.165) is 6.42 Å². The average molecular weight is 285 g/mol. The van der Waals surface area contributed by atoms with Crippen LogP contribution in [0.1, 0.15) is 34.1 Å². The van der Waals surface area contributed by atoms with Gasteiger partial charge >= 0.3 is 0 Å². The third kappa shape index (κ3) is 5.65. The number of halogens is 1. The summed E-state index contributed by atoms with van der Waals surface area (Å²) >= 11 is 0. The van der Waals surface area contributed by atoms with Crippen LogP contribution < -0.4 is 15.2 Å². The van der Waals surface area contributed by atoms with E-state index in [1.54, 1.807) is 0 Å². The van der Waals surface area contributed by atoms with Crippen LogP contribution in [-0.4, -0.2) is 25.4 Å². The van der Waals surface area contributed by atoms with Gasteiger partial charge in [0.1, 0.15) is 12.4 Å². The number of ether oxygens (including phenoxy) is 3. The van der Waals surface area contributed by atoms with Gasteiger partial charge in [0.05, 0.1) is 24.5 Å². The van der Waals surface area contributed by atoms with Gasteiger partial charge < -0.3 is 19.9 Å². The lowest BCUT2D eigenvalue weighted by atomic mass is 10.2. The Morgan fingerprint density at radius 3 is 2.30 bits per heavy atom. The number of rotatable bonds is 7. The van der Waals surface area contributed by atoms with Crippen molar-refractivity contribution in [2.24, 2.45) is 0 Å². The molecule has 0 saturated heterocycles. The predicted molar refractivity (Wildman–Crippen MR) is 77.8 cm³/mol. The Hall–Kier alpha value is -1.49. The third-order valence-corrected chi connectivity index (χ3v) is 2.40. The first-order valence-corrected chi connectivity index (χ1v) is 6.82. The molecule has 0 atom stereocenters. The second-order valence-electron chi connectivity index (χ2n) is 5.48. The molecule has 1 aromatic carbocycles. The molecule has 1 rings (SSSR count). The Morgan fingerprint density at radius 2 is 1.70 bits per heavy atom. The first-order chi connectivity index (χ1) is 9.33. The Kier molecular flexibility index (Phi) is 6.07. The molecule has 0 aliphatic rings. The first-order valence-electron chi connectivity index (χ1n) is 6.82. The summed E-state index contributed by atoms with van der Waals surface area (Å²) < 4.78 is 30.0. The highest BCUT2D eigenvalue weighted by atomic mass is 19.1. The van der Waals surface area contributed by atoms with Gasteiger partial charge in [0.2, 0.25) is 0 Å². The monoisotopic (exact) mass is 285 g/mol. The lowest BCUT2D eigenvalue weighted by molar-refractivity contribution is -0.0162. The molecule has 0 heterocycles. The second-order valence-corrected chi connectivity index (χ2v) is 5.48. The molecule has 20 heavy (non-hydrogen) atoms. The zero-order valence-electron chi connectivity index (χ0n) is 12.7. The van der Waals surface area contributed by atoms with Crippen molar-refractivity contribution in [2.45, 2.75) is 39.7 Å². The normalized spacial score (nSPS) is 11.4. The van der Waals surface area contributed by atoms with E-state index in [-0.39, 0.29) is 17.0 Å². The quantitative estimate of drug-likeness (QED) is 0.616. The SMILES string of the molecule is CCCOc1cc(OCCOC(C)(C)C)c(N)cc1F. The maximum atomic E-state index is 13.6. The van der Waals surface area contributed by atoms with E-state index in [4.69, 9.17) is 19.9 Å². The molecule has 0 radical (unpaired) electrons. The number of benzene rings is 1. The maximum absolute atomic E-state index is 13.6. The summed E-state index contributed by atoms with van der Waals surface area (Å²) in [5.41, 5.74) is 5.76. The van der Waals surface area contributed by atoms with Crippen LogP contribution in [-0.2, 0) is 4.74 Å². The molecule has 0 fully saturated rings. The van der Waals surface area contributed by atoms with E-state index in [0.29, 0.717) is 25.6 Å². The van der Waals surface area contributed by atoms with Crippen LogP contribution in [0.4, 0.5) is 10.1 Å². The predicted octanol–water partition coefficient (Wildman–Crippen LogP) is 3.39. The summed E-state index contributed by atoms with van der Waals surface area (Å²) in [5.74, 6) is 0.0945. The second kappa shape index (κ2) is 7.33. The van der Waals surface area contributed by atoms with Crippen LogP contribution in [0.3, 0.4) is 0 Å². The van der Waals surface area contributed by atoms with Gasteiger partial charge in [-0.15, -0.1) is 0 Å². The summed E-state index contributed by atoms with van der Waals surface area (Å²) in [4.78, 5) is 0. The van der Waals surface area contributed by atoms with E-state index in [2.05, 4.69) is 0 Å². The van der Waals surface area contributed by atoms with Crippen molar-refractivity contribution in [1.29, 1.82) is 0 Å². The van der Waals surface area contributed by atoms with E-state index in [9.17, 15) is 4.39 Å². The topological polar surface area (TPSA) is 53.7 Å². The molecule has 1 aromatic rings. The molecule has 2 N–H and O–H groups in total. The van der Waals surface area contributed by atoms with Crippen molar-refractivity contribution >= 4 is 5.69 Å². The fourth-order valence-electron chi connectivity index (χ4n) is 1.50. The third-order valence-electron chi connectivity index (χ3n) is 2.40. The van der Waals surface area contributed by atoms with Gasteiger partial charge in [0.15, 0.2) is 11.6 Å². The summed E-state index contributed by atoms with van der Waals surface area (Å²) in [6.07, 6.45) is 0.805. The minimum atomic E-state index is -0.478. The van der Waals surface area contributed by atoms with E-state index in [1.165, 1.54) is 12.1 Å². The average Bonchev–Trinajstić information content (AvgIpc) is 2.34. The lowest BCUT2D eigenvalue weighted by Crippen LogP contribution is -2.22. The van der Waals surface area contributed by atoms with Gasteiger partial charge in [-0.3, -0.25) is 0 Å². The fraction of sp³-hybridized carbons (Fsp3) is 0.600. The Bertz CT molecular complexity index is 430. The molecule has 0 aliphatic heterocycles. The molecule has 0 spiro atoms. The molecule has 0 unspecified atom stereocenters. The van der Waals surface area contributed by atoms with Crippen LogP contribution >= 0.6 is 0 Å². The fourth-order valence-corrected chi connectivity index (χ4v) is 1.50. The highest BCUT2D eigenvalue weighted by Gasteiger charge is 2.12.